The van der Waals surface area contributed by atoms with Crippen LogP contribution in [0.4, 0.5) is 0 Å². The smallest absolute Gasteiger partial charge is 0.197 e. The third kappa shape index (κ3) is 3.37. The van der Waals surface area contributed by atoms with Gasteiger partial charge in [-0.2, -0.15) is 0 Å². The minimum absolute atomic E-state index is 0.0447. The summed E-state index contributed by atoms with van der Waals surface area (Å²) in [6.07, 6.45) is 0. The number of fused-ring (bicyclic) bond motifs is 8. The number of hydrogen-bond donors (Lipinski definition) is 0. The van der Waals surface area contributed by atoms with Crippen molar-refractivity contribution in [3.8, 4) is 27.9 Å². The van der Waals surface area contributed by atoms with E-state index >= 15 is 0 Å². The summed E-state index contributed by atoms with van der Waals surface area (Å²) in [5, 5.41) is 2.68. The van der Waals surface area contributed by atoms with Crippen molar-refractivity contribution >= 4 is 40.0 Å². The molecule has 1 aliphatic carbocycles. The van der Waals surface area contributed by atoms with Gasteiger partial charge in [0, 0.05) is 33.3 Å². The molecule has 1 aromatic heterocycles. The number of rotatable bonds is 3. The number of aryl methyl sites for hydroxylation is 1. The van der Waals surface area contributed by atoms with E-state index in [0.29, 0.717) is 0 Å². The second kappa shape index (κ2) is 9.10. The van der Waals surface area contributed by atoms with Gasteiger partial charge in [0.1, 0.15) is 0 Å². The normalized spacial score (nSPS) is 14.6. The molecule has 0 bridgehead atoms. The summed E-state index contributed by atoms with van der Waals surface area (Å²) in [6, 6.07) is 45.2. The quantitative estimate of drug-likeness (QED) is 0.189. The van der Waals surface area contributed by atoms with Crippen molar-refractivity contribution in [2.45, 2.75) is 39.0 Å². The third-order valence-electron chi connectivity index (χ3n) is 10.5. The minimum atomic E-state index is -0.0447. The average molecular weight is 563 g/mol. The Labute approximate surface area is 260 Å². The third-order valence-corrected chi connectivity index (χ3v) is 10.5. The van der Waals surface area contributed by atoms with Crippen LogP contribution in [0.3, 0.4) is 0 Å². The van der Waals surface area contributed by atoms with Crippen LogP contribution in [0.15, 0.2) is 121 Å². The summed E-state index contributed by atoms with van der Waals surface area (Å²) in [5.74, 6) is 0.278. The van der Waals surface area contributed by atoms with Gasteiger partial charge in [-0.05, 0) is 74.6 Å². The highest BCUT2D eigenvalue weighted by molar-refractivity contribution is 6.73. The van der Waals surface area contributed by atoms with Crippen LogP contribution in [-0.4, -0.2) is 11.8 Å². The highest BCUT2D eigenvalue weighted by atomic mass is 15.0. The lowest BCUT2D eigenvalue weighted by Crippen LogP contribution is -2.38. The molecule has 6 aromatic carbocycles. The second-order valence-electron chi connectivity index (χ2n) is 13.2. The van der Waals surface area contributed by atoms with Gasteiger partial charge < -0.3 is 4.57 Å². The molecule has 1 aliphatic heterocycles. The standard InChI is InChI=1S/C42H33BN/c1-25-22-33(29-17-9-8-16-28(29)26(2)27-14-6-5-7-15-27)40-41-39(25)31-19-11-13-21-37(31)44(41)38-23-32-30-18-10-12-20-34(30)42(3,4)35(32)24-36(38)43-40/h5-24,26H,1-4H3. The molecule has 2 aliphatic rings. The Bertz CT molecular complexity index is 2300. The van der Waals surface area contributed by atoms with Gasteiger partial charge in [0.25, 0.3) is 0 Å². The van der Waals surface area contributed by atoms with Gasteiger partial charge in [-0.15, -0.1) is 0 Å². The first kappa shape index (κ1) is 25.7. The average Bonchev–Trinajstić information content (AvgIpc) is 3.52. The topological polar surface area (TPSA) is 4.93 Å². The van der Waals surface area contributed by atoms with Gasteiger partial charge in [-0.25, -0.2) is 0 Å². The van der Waals surface area contributed by atoms with Crippen LogP contribution in [0.25, 0.3) is 49.7 Å². The van der Waals surface area contributed by atoms with Crippen LogP contribution in [0.2, 0.25) is 0 Å². The zero-order valence-corrected chi connectivity index (χ0v) is 25.6. The molecule has 44 heavy (non-hydrogen) atoms. The predicted octanol–water partition coefficient (Wildman–Crippen LogP) is 9.19. The van der Waals surface area contributed by atoms with Gasteiger partial charge in [0.2, 0.25) is 0 Å². The molecule has 9 rings (SSSR count). The molecule has 2 heteroatoms. The summed E-state index contributed by atoms with van der Waals surface area (Å²) in [4.78, 5) is 0. The lowest BCUT2D eigenvalue weighted by Gasteiger charge is -2.27. The molecule has 2 heterocycles. The molecule has 209 valence electrons. The first-order chi connectivity index (χ1) is 21.4. The van der Waals surface area contributed by atoms with E-state index in [1.54, 1.807) is 0 Å². The zero-order chi connectivity index (χ0) is 29.7. The molecular weight excluding hydrogens is 529 g/mol. The minimum Gasteiger partial charge on any atom is -0.310 e. The summed E-state index contributed by atoms with van der Waals surface area (Å²) in [7, 11) is 2.48. The molecule has 0 fully saturated rings. The van der Waals surface area contributed by atoms with Crippen molar-refractivity contribution in [3.63, 3.8) is 0 Å². The predicted molar refractivity (Wildman–Crippen MR) is 187 cm³/mol. The summed E-state index contributed by atoms with van der Waals surface area (Å²) in [6.45, 7) is 9.38. The van der Waals surface area contributed by atoms with Crippen LogP contribution in [0.1, 0.15) is 54.5 Å². The van der Waals surface area contributed by atoms with Crippen molar-refractivity contribution < 1.29 is 0 Å². The Hall–Kier alpha value is -4.82. The van der Waals surface area contributed by atoms with Gasteiger partial charge in [0.05, 0.1) is 5.52 Å². The number of benzene rings is 6. The lowest BCUT2D eigenvalue weighted by atomic mass is 9.58. The Kier molecular flexibility index (Phi) is 5.31. The molecule has 0 N–H and O–H groups in total. The molecule has 1 unspecified atom stereocenters. The van der Waals surface area contributed by atoms with E-state index in [9.17, 15) is 0 Å². The van der Waals surface area contributed by atoms with Gasteiger partial charge in [-0.3, -0.25) is 0 Å². The molecule has 1 nitrogen and oxygen atoms in total. The highest BCUT2D eigenvalue weighted by Crippen LogP contribution is 2.49. The van der Waals surface area contributed by atoms with Crippen molar-refractivity contribution in [1.82, 2.24) is 4.57 Å². The Morgan fingerprint density at radius 1 is 0.659 bits per heavy atom. The van der Waals surface area contributed by atoms with Crippen molar-refractivity contribution in [2.24, 2.45) is 0 Å². The Balaban J connectivity index is 1.36. The Morgan fingerprint density at radius 2 is 1.36 bits per heavy atom. The van der Waals surface area contributed by atoms with E-state index in [1.807, 2.05) is 0 Å². The fraction of sp³-hybridized carbons (Fsp3) is 0.143. The monoisotopic (exact) mass is 562 g/mol. The van der Waals surface area contributed by atoms with Crippen LogP contribution < -0.4 is 10.9 Å². The maximum Gasteiger partial charge on any atom is 0.197 e. The van der Waals surface area contributed by atoms with E-state index in [0.717, 1.165) is 0 Å². The summed E-state index contributed by atoms with van der Waals surface area (Å²) < 4.78 is 2.56. The van der Waals surface area contributed by atoms with E-state index < -0.39 is 0 Å². The molecule has 0 amide bonds. The van der Waals surface area contributed by atoms with E-state index in [2.05, 4.69) is 161 Å². The number of hydrogen-bond acceptors (Lipinski definition) is 0. The summed E-state index contributed by atoms with van der Waals surface area (Å²) in [5.41, 5.74) is 18.6. The fourth-order valence-corrected chi connectivity index (χ4v) is 8.27. The van der Waals surface area contributed by atoms with Crippen LogP contribution in [0, 0.1) is 6.92 Å². The van der Waals surface area contributed by atoms with Gasteiger partial charge >= 0.3 is 0 Å². The fourth-order valence-electron chi connectivity index (χ4n) is 8.27. The maximum absolute atomic E-state index is 2.56. The van der Waals surface area contributed by atoms with Crippen molar-refractivity contribution in [3.05, 3.63) is 149 Å². The molecule has 0 saturated carbocycles. The maximum atomic E-state index is 2.56. The van der Waals surface area contributed by atoms with Gasteiger partial charge in [0.15, 0.2) is 7.28 Å². The van der Waals surface area contributed by atoms with E-state index in [4.69, 9.17) is 0 Å². The van der Waals surface area contributed by atoms with Crippen LogP contribution in [0.5, 0.6) is 0 Å². The largest absolute Gasteiger partial charge is 0.310 e. The summed E-state index contributed by atoms with van der Waals surface area (Å²) >= 11 is 0. The number of aromatic nitrogens is 1. The first-order valence-electron chi connectivity index (χ1n) is 15.8. The van der Waals surface area contributed by atoms with Crippen LogP contribution in [-0.2, 0) is 5.41 Å². The highest BCUT2D eigenvalue weighted by Gasteiger charge is 2.37. The molecule has 0 saturated heterocycles. The van der Waals surface area contributed by atoms with Crippen LogP contribution >= 0.6 is 0 Å². The molecule has 0 spiro atoms. The van der Waals surface area contributed by atoms with E-state index in [1.165, 1.54) is 88.5 Å². The second-order valence-corrected chi connectivity index (χ2v) is 13.2. The molecular formula is C42H33BN. The van der Waals surface area contributed by atoms with Crippen molar-refractivity contribution in [2.75, 3.05) is 0 Å². The Morgan fingerprint density at radius 3 is 2.20 bits per heavy atom. The van der Waals surface area contributed by atoms with Crippen molar-refractivity contribution in [1.29, 1.82) is 0 Å². The first-order valence-corrected chi connectivity index (χ1v) is 15.8. The molecule has 1 atom stereocenters. The molecule has 1 radical (unpaired) electrons. The molecule has 7 aromatic rings. The number of nitrogens with zero attached hydrogens (tertiary/aromatic N) is 1. The van der Waals surface area contributed by atoms with E-state index in [-0.39, 0.29) is 11.3 Å². The van der Waals surface area contributed by atoms with Gasteiger partial charge in [-0.1, -0.05) is 135 Å². The zero-order valence-electron chi connectivity index (χ0n) is 25.6. The lowest BCUT2D eigenvalue weighted by molar-refractivity contribution is 0.661. The SMILES string of the molecule is Cc1cc(-c2ccccc2C(C)c2ccccc2)c2c3c1c1ccccc1n3-c1cc3c(cc1[B]2)C(C)(C)c1ccccc1-3. The number of para-hydroxylation sites is 1.